The van der Waals surface area contributed by atoms with E-state index in [0.717, 1.165) is 23.4 Å². The molecule has 0 aliphatic carbocycles. The van der Waals surface area contributed by atoms with Gasteiger partial charge in [0.2, 0.25) is 0 Å². The fourth-order valence-electron chi connectivity index (χ4n) is 3.40. The van der Waals surface area contributed by atoms with Gasteiger partial charge in [-0.25, -0.2) is 0 Å². The van der Waals surface area contributed by atoms with Gasteiger partial charge in [0.25, 0.3) is 0 Å². The van der Waals surface area contributed by atoms with Crippen molar-refractivity contribution in [3.05, 3.63) is 71.3 Å². The first-order valence-corrected chi connectivity index (χ1v) is 13.5. The van der Waals surface area contributed by atoms with Gasteiger partial charge in [-0.05, 0) is 48.4 Å². The van der Waals surface area contributed by atoms with Crippen LogP contribution in [-0.4, -0.2) is 26.0 Å². The van der Waals surface area contributed by atoms with Gasteiger partial charge >= 0.3 is 6.18 Å². The zero-order chi connectivity index (χ0) is 22.8. The summed E-state index contributed by atoms with van der Waals surface area (Å²) in [6, 6.07) is 9.33. The van der Waals surface area contributed by atoms with Crippen molar-refractivity contribution in [2.45, 2.75) is 45.1 Å². The van der Waals surface area contributed by atoms with Crippen molar-refractivity contribution in [1.29, 1.82) is 0 Å². The normalized spacial score (nSPS) is 14.5. The minimum Gasteiger partial charge on any atom is -0.489 e. The monoisotopic (exact) mass is 445 g/mol. The number of hydrogen-bond acceptors (Lipinski definition) is 3. The van der Waals surface area contributed by atoms with Crippen molar-refractivity contribution in [2.75, 3.05) is 11.4 Å². The van der Waals surface area contributed by atoms with Crippen molar-refractivity contribution in [1.82, 2.24) is 0 Å². The van der Waals surface area contributed by atoms with E-state index in [2.05, 4.69) is 18.0 Å². The van der Waals surface area contributed by atoms with E-state index in [-0.39, 0.29) is 6.61 Å². The lowest BCUT2D eigenvalue weighted by Crippen LogP contribution is -2.31. The van der Waals surface area contributed by atoms with Gasteiger partial charge in [-0.2, -0.15) is 13.2 Å². The summed E-state index contributed by atoms with van der Waals surface area (Å²) in [6.07, 6.45) is -3.13. The van der Waals surface area contributed by atoms with E-state index in [9.17, 15) is 18.3 Å². The average Bonchev–Trinajstić information content (AvgIpc) is 3.13. The third kappa shape index (κ3) is 5.72. The summed E-state index contributed by atoms with van der Waals surface area (Å²) in [4.78, 5) is 1.81. The van der Waals surface area contributed by atoms with Crippen LogP contribution in [0.5, 0.6) is 5.75 Å². The van der Waals surface area contributed by atoms with E-state index in [4.69, 9.17) is 4.74 Å². The highest BCUT2D eigenvalue weighted by molar-refractivity contribution is 6.83. The molecule has 2 aromatic rings. The number of halogens is 3. The van der Waals surface area contributed by atoms with Gasteiger partial charge in [0.05, 0.1) is 5.56 Å². The molecule has 0 radical (unpaired) electrons. The second-order valence-electron chi connectivity index (χ2n) is 8.55. The van der Waals surface area contributed by atoms with Crippen molar-refractivity contribution in [3.63, 3.8) is 0 Å². The van der Waals surface area contributed by atoms with Gasteiger partial charge in [0.15, 0.2) is 0 Å². The molecule has 1 atom stereocenters. The van der Waals surface area contributed by atoms with E-state index < -0.39 is 26.0 Å². The van der Waals surface area contributed by atoms with Crippen LogP contribution >= 0.6 is 0 Å². The fourth-order valence-corrected chi connectivity index (χ4v) is 3.92. The molecule has 0 fully saturated rings. The van der Waals surface area contributed by atoms with Crippen molar-refractivity contribution < 1.29 is 23.0 Å². The van der Waals surface area contributed by atoms with Gasteiger partial charge in [-0.1, -0.05) is 38.2 Å². The topological polar surface area (TPSA) is 32.7 Å². The lowest BCUT2D eigenvalue weighted by atomic mass is 10.1. The first-order chi connectivity index (χ1) is 14.5. The second kappa shape index (κ2) is 8.81. The highest BCUT2D eigenvalue weighted by atomic mass is 28.3. The molecule has 3 rings (SSSR count). The summed E-state index contributed by atoms with van der Waals surface area (Å²) < 4.78 is 46.1. The summed E-state index contributed by atoms with van der Waals surface area (Å²) in [7, 11) is -1.73. The Morgan fingerprint density at radius 2 is 2.00 bits per heavy atom. The number of ether oxygens (including phenoxy) is 1. The van der Waals surface area contributed by atoms with Crippen LogP contribution < -0.4 is 9.64 Å². The minimum atomic E-state index is -4.46. The Hall–Kier alpha value is -2.69. The van der Waals surface area contributed by atoms with E-state index in [1.54, 1.807) is 18.2 Å². The van der Waals surface area contributed by atoms with Crippen LogP contribution in [0.2, 0.25) is 19.6 Å². The van der Waals surface area contributed by atoms with E-state index >= 15 is 0 Å². The molecule has 2 aromatic carbocycles. The van der Waals surface area contributed by atoms with Crippen LogP contribution in [0.3, 0.4) is 0 Å². The number of aliphatic hydroxyl groups is 1. The van der Waals surface area contributed by atoms with Crippen LogP contribution in [0, 0.1) is 11.5 Å². The Morgan fingerprint density at radius 3 is 2.65 bits per heavy atom. The molecule has 0 bridgehead atoms. The predicted octanol–water partition coefficient (Wildman–Crippen LogP) is 5.38. The number of fused-ring (bicyclic) bond motifs is 1. The predicted molar refractivity (Wildman–Crippen MR) is 120 cm³/mol. The lowest BCUT2D eigenvalue weighted by Gasteiger charge is -2.23. The second-order valence-corrected chi connectivity index (χ2v) is 13.3. The molecule has 7 heteroatoms. The number of nitrogens with zero attached hydrogens (tertiary/aromatic N) is 1. The van der Waals surface area contributed by atoms with Crippen LogP contribution in [0.25, 0.3) is 0 Å². The zero-order valence-corrected chi connectivity index (χ0v) is 18.9. The molecule has 1 N–H and O–H groups in total. The van der Waals surface area contributed by atoms with Gasteiger partial charge < -0.3 is 14.7 Å². The Labute approximate surface area is 182 Å². The Kier molecular flexibility index (Phi) is 6.53. The van der Waals surface area contributed by atoms with Crippen molar-refractivity contribution in [2.24, 2.45) is 0 Å². The summed E-state index contributed by atoms with van der Waals surface area (Å²) in [5.74, 6) is 3.51. The number of rotatable bonds is 5. The summed E-state index contributed by atoms with van der Waals surface area (Å²) in [5, 5.41) is 10.1. The van der Waals surface area contributed by atoms with Crippen molar-refractivity contribution in [3.8, 4) is 17.2 Å². The van der Waals surface area contributed by atoms with E-state index in [1.807, 2.05) is 30.6 Å². The zero-order valence-electron chi connectivity index (χ0n) is 17.9. The molecular formula is C24H26F3NO2Si. The molecule has 0 saturated carbocycles. The first kappa shape index (κ1) is 23.0. The molecule has 164 valence electrons. The summed E-state index contributed by atoms with van der Waals surface area (Å²) in [6.45, 7) is 10.4. The van der Waals surface area contributed by atoms with Gasteiger partial charge in [0.1, 0.15) is 26.7 Å². The average molecular weight is 446 g/mol. The van der Waals surface area contributed by atoms with Crippen LogP contribution in [0.1, 0.15) is 22.3 Å². The Balaban J connectivity index is 1.88. The molecule has 1 aliphatic heterocycles. The standard InChI is InChI=1S/C24H26F3NO2Si/c1-5-23(29)28-11-9-20-21(28)7-6-8-22(20)30-16-18-13-17(10-12-31(2,3)4)14-19(15-18)24(25,26)27/h5-8,13-15,23,29H,1,9,11,16H2,2-4H3. The van der Waals surface area contributed by atoms with Crippen LogP contribution in [0.15, 0.2) is 49.1 Å². The molecule has 1 aliphatic rings. The van der Waals surface area contributed by atoms with Gasteiger partial charge in [-0.15, -0.1) is 5.54 Å². The molecular weight excluding hydrogens is 419 g/mol. The summed E-state index contributed by atoms with van der Waals surface area (Å²) in [5.41, 5.74) is 4.91. The Bertz CT molecular complexity index is 1030. The quantitative estimate of drug-likeness (QED) is 0.381. The minimum absolute atomic E-state index is 0.00792. The number of benzene rings is 2. The SMILES string of the molecule is C=CC(O)N1CCc2c(OCc3cc(C#C[Si](C)(C)C)cc(C(F)(F)F)c3)cccc21. The molecule has 0 saturated heterocycles. The fraction of sp³-hybridized carbons (Fsp3) is 0.333. The highest BCUT2D eigenvalue weighted by Crippen LogP contribution is 2.37. The third-order valence-electron chi connectivity index (χ3n) is 4.85. The number of anilines is 1. The molecule has 31 heavy (non-hydrogen) atoms. The number of hydrogen-bond donors (Lipinski definition) is 1. The maximum absolute atomic E-state index is 13.4. The highest BCUT2D eigenvalue weighted by Gasteiger charge is 2.31. The molecule has 0 aromatic heterocycles. The number of aliphatic hydroxyl groups excluding tert-OH is 1. The molecule has 0 amide bonds. The van der Waals surface area contributed by atoms with Gasteiger partial charge in [-0.3, -0.25) is 0 Å². The Morgan fingerprint density at radius 1 is 1.26 bits per heavy atom. The van der Waals surface area contributed by atoms with Crippen LogP contribution in [-0.2, 0) is 19.2 Å². The van der Waals surface area contributed by atoms with Crippen LogP contribution in [0.4, 0.5) is 18.9 Å². The maximum atomic E-state index is 13.4. The molecule has 1 heterocycles. The smallest absolute Gasteiger partial charge is 0.416 e. The first-order valence-electron chi connectivity index (χ1n) is 10.0. The summed E-state index contributed by atoms with van der Waals surface area (Å²) >= 11 is 0. The van der Waals surface area contributed by atoms with Gasteiger partial charge in [0, 0.05) is 23.4 Å². The largest absolute Gasteiger partial charge is 0.489 e. The van der Waals surface area contributed by atoms with E-state index in [0.29, 0.717) is 29.8 Å². The number of alkyl halides is 3. The molecule has 0 spiro atoms. The maximum Gasteiger partial charge on any atom is 0.416 e. The third-order valence-corrected chi connectivity index (χ3v) is 5.72. The van der Waals surface area contributed by atoms with Crippen molar-refractivity contribution >= 4 is 13.8 Å². The lowest BCUT2D eigenvalue weighted by molar-refractivity contribution is -0.137. The van der Waals surface area contributed by atoms with E-state index in [1.165, 1.54) is 6.08 Å². The molecule has 3 nitrogen and oxygen atoms in total. The molecule has 1 unspecified atom stereocenters.